The molecule has 0 aliphatic carbocycles. The Morgan fingerprint density at radius 3 is 3.06 bits per heavy atom. The van der Waals surface area contributed by atoms with Crippen LogP contribution in [0.25, 0.3) is 0 Å². The minimum Gasteiger partial charge on any atom is -0.348 e. The van der Waals surface area contributed by atoms with Crippen LogP contribution in [0.2, 0.25) is 0 Å². The first-order valence-corrected chi connectivity index (χ1v) is 5.09. The topological polar surface area (TPSA) is 109 Å². The Kier molecular flexibility index (Phi) is 3.49. The van der Waals surface area contributed by atoms with E-state index in [9.17, 15) is 9.18 Å². The van der Waals surface area contributed by atoms with Crippen molar-refractivity contribution >= 4 is 11.7 Å². The summed E-state index contributed by atoms with van der Waals surface area (Å²) in [5.41, 5.74) is 2.74. The number of hydrazine groups is 1. The van der Waals surface area contributed by atoms with E-state index in [1.165, 1.54) is 12.3 Å². The van der Waals surface area contributed by atoms with E-state index in [1.54, 1.807) is 12.4 Å². The molecule has 0 aliphatic rings. The van der Waals surface area contributed by atoms with Crippen molar-refractivity contribution < 1.29 is 9.18 Å². The van der Waals surface area contributed by atoms with Gasteiger partial charge in [-0.15, -0.1) is 0 Å². The predicted octanol–water partition coefficient (Wildman–Crippen LogP) is 0.159. The van der Waals surface area contributed by atoms with Gasteiger partial charge in [-0.3, -0.25) is 9.89 Å². The van der Waals surface area contributed by atoms with Gasteiger partial charge in [0.1, 0.15) is 0 Å². The van der Waals surface area contributed by atoms with Crippen LogP contribution in [0.4, 0.5) is 10.2 Å². The van der Waals surface area contributed by atoms with Gasteiger partial charge in [-0.05, 0) is 6.07 Å². The lowest BCUT2D eigenvalue weighted by Gasteiger charge is -2.07. The molecule has 0 bridgehead atoms. The fourth-order valence-corrected chi connectivity index (χ4v) is 1.37. The standard InChI is InChI=1S/C10H11FN6O/c11-8-7(1-2-13-9(8)17-12)10(18)14-3-6-4-15-16-5-6/h1-2,4-5H,3,12H2,(H,13,17)(H,14,18)(H,15,16). The maximum atomic E-state index is 13.7. The second-order valence-electron chi connectivity index (χ2n) is 3.45. The first-order chi connectivity index (χ1) is 8.72. The van der Waals surface area contributed by atoms with E-state index >= 15 is 0 Å². The number of H-pyrrole nitrogens is 1. The molecule has 2 aromatic rings. The number of hydrogen-bond acceptors (Lipinski definition) is 5. The van der Waals surface area contributed by atoms with Crippen LogP contribution in [0, 0.1) is 5.82 Å². The summed E-state index contributed by atoms with van der Waals surface area (Å²) in [6.07, 6.45) is 4.50. The van der Waals surface area contributed by atoms with Crippen molar-refractivity contribution in [1.82, 2.24) is 20.5 Å². The first kappa shape index (κ1) is 12.0. The Morgan fingerprint density at radius 1 is 1.56 bits per heavy atom. The van der Waals surface area contributed by atoms with Gasteiger partial charge in [0.05, 0.1) is 11.8 Å². The van der Waals surface area contributed by atoms with Crippen LogP contribution in [0.15, 0.2) is 24.7 Å². The highest BCUT2D eigenvalue weighted by molar-refractivity contribution is 5.95. The van der Waals surface area contributed by atoms with Gasteiger partial charge in [-0.1, -0.05) is 0 Å². The van der Waals surface area contributed by atoms with E-state index in [2.05, 4.69) is 25.9 Å². The number of nitrogens with one attached hydrogen (secondary N) is 3. The van der Waals surface area contributed by atoms with E-state index in [4.69, 9.17) is 5.84 Å². The second-order valence-corrected chi connectivity index (χ2v) is 3.45. The smallest absolute Gasteiger partial charge is 0.254 e. The maximum Gasteiger partial charge on any atom is 0.254 e. The summed E-state index contributed by atoms with van der Waals surface area (Å²) >= 11 is 0. The third-order valence-electron chi connectivity index (χ3n) is 2.28. The summed E-state index contributed by atoms with van der Waals surface area (Å²) in [6, 6.07) is 1.28. The zero-order valence-electron chi connectivity index (χ0n) is 9.27. The van der Waals surface area contributed by atoms with Gasteiger partial charge >= 0.3 is 0 Å². The molecule has 18 heavy (non-hydrogen) atoms. The quantitative estimate of drug-likeness (QED) is 0.456. The molecule has 5 N–H and O–H groups in total. The van der Waals surface area contributed by atoms with Crippen molar-refractivity contribution in [2.75, 3.05) is 5.43 Å². The van der Waals surface area contributed by atoms with Crippen molar-refractivity contribution in [3.8, 4) is 0 Å². The number of rotatable bonds is 4. The number of carbonyl (C=O) groups is 1. The molecule has 0 saturated carbocycles. The fraction of sp³-hybridized carbons (Fsp3) is 0.100. The zero-order valence-corrected chi connectivity index (χ0v) is 9.27. The number of nitrogen functional groups attached to an aromatic ring is 1. The molecule has 0 aromatic carbocycles. The molecule has 0 radical (unpaired) electrons. The average Bonchev–Trinajstić information content (AvgIpc) is 2.89. The monoisotopic (exact) mass is 250 g/mol. The molecule has 2 rings (SSSR count). The molecule has 2 heterocycles. The van der Waals surface area contributed by atoms with Crippen molar-refractivity contribution in [2.24, 2.45) is 5.84 Å². The lowest BCUT2D eigenvalue weighted by atomic mass is 10.2. The van der Waals surface area contributed by atoms with E-state index < -0.39 is 11.7 Å². The summed E-state index contributed by atoms with van der Waals surface area (Å²) in [7, 11) is 0. The number of pyridine rings is 1. The Labute approximate surface area is 102 Å². The Hall–Kier alpha value is -2.48. The second kappa shape index (κ2) is 5.23. The Morgan fingerprint density at radius 2 is 2.39 bits per heavy atom. The largest absolute Gasteiger partial charge is 0.348 e. The van der Waals surface area contributed by atoms with Gasteiger partial charge in [0.15, 0.2) is 11.6 Å². The van der Waals surface area contributed by atoms with Crippen molar-refractivity contribution in [3.05, 3.63) is 41.6 Å². The summed E-state index contributed by atoms with van der Waals surface area (Å²) in [4.78, 5) is 15.4. The van der Waals surface area contributed by atoms with Crippen molar-refractivity contribution in [3.63, 3.8) is 0 Å². The molecule has 0 spiro atoms. The van der Waals surface area contributed by atoms with Crippen LogP contribution >= 0.6 is 0 Å². The summed E-state index contributed by atoms with van der Waals surface area (Å²) < 4.78 is 13.7. The van der Waals surface area contributed by atoms with Crippen LogP contribution in [0.5, 0.6) is 0 Å². The number of carbonyl (C=O) groups excluding carboxylic acids is 1. The maximum absolute atomic E-state index is 13.7. The lowest BCUT2D eigenvalue weighted by molar-refractivity contribution is 0.0947. The highest BCUT2D eigenvalue weighted by Gasteiger charge is 2.15. The minimum atomic E-state index is -0.787. The molecule has 7 nitrogen and oxygen atoms in total. The van der Waals surface area contributed by atoms with E-state index in [1.807, 2.05) is 0 Å². The Bertz CT molecular complexity index is 541. The van der Waals surface area contributed by atoms with Crippen LogP contribution in [0.3, 0.4) is 0 Å². The van der Waals surface area contributed by atoms with E-state index in [-0.39, 0.29) is 17.9 Å². The molecule has 8 heteroatoms. The molecule has 0 fully saturated rings. The van der Waals surface area contributed by atoms with Crippen LogP contribution in [-0.2, 0) is 6.54 Å². The van der Waals surface area contributed by atoms with Crippen LogP contribution < -0.4 is 16.6 Å². The zero-order chi connectivity index (χ0) is 13.0. The number of nitrogens with zero attached hydrogens (tertiary/aromatic N) is 2. The molecule has 0 unspecified atom stereocenters. The van der Waals surface area contributed by atoms with Crippen LogP contribution in [-0.4, -0.2) is 21.1 Å². The van der Waals surface area contributed by atoms with Gasteiger partial charge in [0.2, 0.25) is 0 Å². The van der Waals surface area contributed by atoms with Gasteiger partial charge in [0.25, 0.3) is 5.91 Å². The molecular weight excluding hydrogens is 239 g/mol. The van der Waals surface area contributed by atoms with Gasteiger partial charge in [-0.2, -0.15) is 5.10 Å². The van der Waals surface area contributed by atoms with E-state index in [0.717, 1.165) is 5.56 Å². The number of hydrogen-bond donors (Lipinski definition) is 4. The summed E-state index contributed by atoms with van der Waals surface area (Å²) in [5, 5.41) is 8.90. The molecule has 0 atom stereocenters. The number of halogens is 1. The van der Waals surface area contributed by atoms with Gasteiger partial charge < -0.3 is 10.7 Å². The Balaban J connectivity index is 2.09. The fourth-order valence-electron chi connectivity index (χ4n) is 1.37. The summed E-state index contributed by atoms with van der Waals surface area (Å²) in [6.45, 7) is 0.252. The number of aromatic amines is 1. The third kappa shape index (κ3) is 2.43. The van der Waals surface area contributed by atoms with Crippen molar-refractivity contribution in [2.45, 2.75) is 6.54 Å². The third-order valence-corrected chi connectivity index (χ3v) is 2.28. The first-order valence-electron chi connectivity index (χ1n) is 5.09. The summed E-state index contributed by atoms with van der Waals surface area (Å²) in [5.74, 6) is 3.56. The average molecular weight is 250 g/mol. The number of aromatic nitrogens is 3. The molecule has 0 aliphatic heterocycles. The van der Waals surface area contributed by atoms with E-state index in [0.29, 0.717) is 0 Å². The SMILES string of the molecule is NNc1nccc(C(=O)NCc2cn[nH]c2)c1F. The van der Waals surface area contributed by atoms with Gasteiger partial charge in [0, 0.05) is 24.5 Å². The predicted molar refractivity (Wildman–Crippen MR) is 61.8 cm³/mol. The lowest BCUT2D eigenvalue weighted by Crippen LogP contribution is -2.24. The highest BCUT2D eigenvalue weighted by atomic mass is 19.1. The highest BCUT2D eigenvalue weighted by Crippen LogP contribution is 2.13. The molecule has 1 amide bonds. The van der Waals surface area contributed by atoms with Crippen LogP contribution in [0.1, 0.15) is 15.9 Å². The molecule has 0 saturated heterocycles. The van der Waals surface area contributed by atoms with Gasteiger partial charge in [-0.25, -0.2) is 15.2 Å². The number of anilines is 1. The number of amides is 1. The molecule has 94 valence electrons. The molecular formula is C10H11FN6O. The normalized spacial score (nSPS) is 10.1. The minimum absolute atomic E-state index is 0.124. The van der Waals surface area contributed by atoms with Crippen molar-refractivity contribution in [1.29, 1.82) is 0 Å². The number of nitrogens with two attached hydrogens (primary N) is 1. The molecule has 2 aromatic heterocycles.